The molecule has 0 amide bonds. The molecule has 1 heterocycles. The Hall–Kier alpha value is -1.35. The monoisotopic (exact) mass is 285 g/mol. The van der Waals surface area contributed by atoms with Crippen LogP contribution in [0.1, 0.15) is 45.4 Å². The van der Waals surface area contributed by atoms with Gasteiger partial charge in [-0.25, -0.2) is 4.98 Å². The van der Waals surface area contributed by atoms with E-state index in [4.69, 9.17) is 4.98 Å². The molecule has 1 saturated carbocycles. The van der Waals surface area contributed by atoms with Gasteiger partial charge in [0.15, 0.2) is 0 Å². The first-order valence-electron chi connectivity index (χ1n) is 8.51. The molecule has 0 aliphatic heterocycles. The van der Waals surface area contributed by atoms with Crippen LogP contribution in [0.3, 0.4) is 0 Å². The van der Waals surface area contributed by atoms with Crippen LogP contribution in [-0.4, -0.2) is 22.1 Å². The second-order valence-corrected chi connectivity index (χ2v) is 6.19. The number of para-hydroxylation sites is 2. The zero-order valence-electron chi connectivity index (χ0n) is 13.3. The van der Waals surface area contributed by atoms with E-state index >= 15 is 0 Å². The molecule has 0 spiro atoms. The van der Waals surface area contributed by atoms with Crippen LogP contribution in [0.25, 0.3) is 11.0 Å². The van der Waals surface area contributed by atoms with Crippen LogP contribution in [0.15, 0.2) is 24.3 Å². The highest BCUT2D eigenvalue weighted by atomic mass is 15.1. The zero-order chi connectivity index (χ0) is 14.7. The van der Waals surface area contributed by atoms with Gasteiger partial charge in [0, 0.05) is 19.0 Å². The third kappa shape index (κ3) is 2.98. The van der Waals surface area contributed by atoms with E-state index in [2.05, 4.69) is 48.0 Å². The number of rotatable bonds is 6. The van der Waals surface area contributed by atoms with E-state index in [1.54, 1.807) is 0 Å². The van der Waals surface area contributed by atoms with Gasteiger partial charge in [0.05, 0.1) is 11.0 Å². The molecule has 1 unspecified atom stereocenters. The van der Waals surface area contributed by atoms with Crippen LogP contribution in [0.5, 0.6) is 0 Å². The summed E-state index contributed by atoms with van der Waals surface area (Å²) in [4.78, 5) is 4.81. The number of benzene rings is 1. The predicted molar refractivity (Wildman–Crippen MR) is 88.5 cm³/mol. The van der Waals surface area contributed by atoms with Gasteiger partial charge in [0.25, 0.3) is 0 Å². The molecule has 1 N–H and O–H groups in total. The van der Waals surface area contributed by atoms with Gasteiger partial charge in [0.1, 0.15) is 5.82 Å². The Morgan fingerprint density at radius 2 is 2.00 bits per heavy atom. The summed E-state index contributed by atoms with van der Waals surface area (Å²) >= 11 is 0. The van der Waals surface area contributed by atoms with Crippen molar-refractivity contribution in [3.8, 4) is 0 Å². The summed E-state index contributed by atoms with van der Waals surface area (Å²) in [5.41, 5.74) is 2.42. The maximum Gasteiger partial charge on any atom is 0.109 e. The zero-order valence-corrected chi connectivity index (χ0v) is 13.3. The minimum Gasteiger partial charge on any atom is -0.326 e. The molecule has 3 nitrogen and oxygen atoms in total. The Balaban J connectivity index is 1.90. The van der Waals surface area contributed by atoms with Gasteiger partial charge in [-0.2, -0.15) is 0 Å². The largest absolute Gasteiger partial charge is 0.326 e. The molecule has 3 heteroatoms. The van der Waals surface area contributed by atoms with E-state index in [1.165, 1.54) is 37.0 Å². The lowest BCUT2D eigenvalue weighted by Crippen LogP contribution is -2.39. The van der Waals surface area contributed by atoms with E-state index < -0.39 is 0 Å². The molecule has 3 rings (SSSR count). The highest BCUT2D eigenvalue weighted by Gasteiger charge is 2.25. The molecule has 2 aromatic rings. The van der Waals surface area contributed by atoms with Crippen molar-refractivity contribution in [2.24, 2.45) is 5.92 Å². The smallest absolute Gasteiger partial charge is 0.109 e. The SMILES string of the molecule is CCNC(Cn1c(CC)nc2ccccc21)C1CCCC1. The average molecular weight is 285 g/mol. The lowest BCUT2D eigenvalue weighted by atomic mass is 9.97. The molecule has 21 heavy (non-hydrogen) atoms. The molecule has 1 fully saturated rings. The molecule has 0 saturated heterocycles. The Labute approximate surface area is 127 Å². The first-order valence-corrected chi connectivity index (χ1v) is 8.51. The normalized spacial score (nSPS) is 17.6. The molecule has 0 radical (unpaired) electrons. The number of aryl methyl sites for hydroxylation is 1. The quantitative estimate of drug-likeness (QED) is 0.875. The topological polar surface area (TPSA) is 29.9 Å². The van der Waals surface area contributed by atoms with Crippen molar-refractivity contribution in [3.63, 3.8) is 0 Å². The Morgan fingerprint density at radius 1 is 1.24 bits per heavy atom. The van der Waals surface area contributed by atoms with Crippen molar-refractivity contribution in [2.75, 3.05) is 6.54 Å². The fraction of sp³-hybridized carbons (Fsp3) is 0.611. The van der Waals surface area contributed by atoms with Crippen LogP contribution in [0.2, 0.25) is 0 Å². The number of hydrogen-bond donors (Lipinski definition) is 1. The van der Waals surface area contributed by atoms with Crippen LogP contribution in [-0.2, 0) is 13.0 Å². The van der Waals surface area contributed by atoms with Gasteiger partial charge in [-0.15, -0.1) is 0 Å². The van der Waals surface area contributed by atoms with Crippen molar-refractivity contribution >= 4 is 11.0 Å². The highest BCUT2D eigenvalue weighted by Crippen LogP contribution is 2.29. The van der Waals surface area contributed by atoms with Crippen LogP contribution in [0.4, 0.5) is 0 Å². The number of aromatic nitrogens is 2. The van der Waals surface area contributed by atoms with Crippen LogP contribution in [0, 0.1) is 5.92 Å². The third-order valence-corrected chi connectivity index (χ3v) is 4.86. The van der Waals surface area contributed by atoms with Gasteiger partial charge >= 0.3 is 0 Å². The van der Waals surface area contributed by atoms with Crippen molar-refractivity contribution < 1.29 is 0 Å². The lowest BCUT2D eigenvalue weighted by Gasteiger charge is -2.26. The van der Waals surface area contributed by atoms with E-state index in [-0.39, 0.29) is 0 Å². The number of imidazole rings is 1. The predicted octanol–water partition coefficient (Wildman–Crippen LogP) is 3.77. The summed E-state index contributed by atoms with van der Waals surface area (Å²) in [6.07, 6.45) is 6.56. The van der Waals surface area contributed by atoms with Crippen molar-refractivity contribution in [3.05, 3.63) is 30.1 Å². The minimum absolute atomic E-state index is 0.584. The first-order chi connectivity index (χ1) is 10.3. The lowest BCUT2D eigenvalue weighted by molar-refractivity contribution is 0.327. The molecular weight excluding hydrogens is 258 g/mol. The van der Waals surface area contributed by atoms with E-state index in [9.17, 15) is 0 Å². The maximum absolute atomic E-state index is 4.81. The third-order valence-electron chi connectivity index (χ3n) is 4.86. The van der Waals surface area contributed by atoms with Crippen molar-refractivity contribution in [1.82, 2.24) is 14.9 Å². The Morgan fingerprint density at radius 3 is 2.71 bits per heavy atom. The fourth-order valence-electron chi connectivity index (χ4n) is 3.80. The number of fused-ring (bicyclic) bond motifs is 1. The summed E-state index contributed by atoms with van der Waals surface area (Å²) in [7, 11) is 0. The molecule has 1 aliphatic rings. The molecular formula is C18H27N3. The molecule has 1 aromatic carbocycles. The summed E-state index contributed by atoms with van der Waals surface area (Å²) < 4.78 is 2.45. The van der Waals surface area contributed by atoms with Gasteiger partial charge in [-0.3, -0.25) is 0 Å². The number of likely N-dealkylation sites (N-methyl/N-ethyl adjacent to an activating group) is 1. The number of hydrogen-bond acceptors (Lipinski definition) is 2. The van der Waals surface area contributed by atoms with Crippen molar-refractivity contribution in [1.29, 1.82) is 0 Å². The summed E-state index contributed by atoms with van der Waals surface area (Å²) in [6, 6.07) is 9.12. The van der Waals surface area contributed by atoms with Gasteiger partial charge in [-0.1, -0.05) is 38.8 Å². The first kappa shape index (κ1) is 14.6. The fourth-order valence-corrected chi connectivity index (χ4v) is 3.80. The molecule has 1 aliphatic carbocycles. The number of nitrogens with zero attached hydrogens (tertiary/aromatic N) is 2. The second-order valence-electron chi connectivity index (χ2n) is 6.19. The van der Waals surface area contributed by atoms with E-state index in [0.717, 1.165) is 30.9 Å². The van der Waals surface area contributed by atoms with Gasteiger partial charge in [-0.05, 0) is 37.4 Å². The van der Waals surface area contributed by atoms with Gasteiger partial charge < -0.3 is 9.88 Å². The molecule has 1 aromatic heterocycles. The summed E-state index contributed by atoms with van der Waals surface area (Å²) in [5, 5.41) is 3.73. The average Bonchev–Trinajstić information content (AvgIpc) is 3.14. The summed E-state index contributed by atoms with van der Waals surface area (Å²) in [6.45, 7) is 6.53. The second kappa shape index (κ2) is 6.61. The Kier molecular flexibility index (Phi) is 4.59. The highest BCUT2D eigenvalue weighted by molar-refractivity contribution is 5.75. The van der Waals surface area contributed by atoms with E-state index in [1.807, 2.05) is 0 Å². The Bertz CT molecular complexity index is 581. The van der Waals surface area contributed by atoms with Crippen molar-refractivity contribution in [2.45, 2.75) is 58.5 Å². The van der Waals surface area contributed by atoms with Gasteiger partial charge in [0.2, 0.25) is 0 Å². The van der Waals surface area contributed by atoms with E-state index in [0.29, 0.717) is 6.04 Å². The van der Waals surface area contributed by atoms with Crippen LogP contribution >= 0.6 is 0 Å². The number of nitrogens with one attached hydrogen (secondary N) is 1. The molecule has 0 bridgehead atoms. The maximum atomic E-state index is 4.81. The van der Waals surface area contributed by atoms with Crippen LogP contribution < -0.4 is 5.32 Å². The molecule has 114 valence electrons. The standard InChI is InChI=1S/C18H27N3/c1-3-18-20-15-11-7-8-12-17(15)21(18)13-16(19-4-2)14-9-5-6-10-14/h7-8,11-12,14,16,19H,3-6,9-10,13H2,1-2H3. The molecule has 1 atom stereocenters. The minimum atomic E-state index is 0.584. The summed E-state index contributed by atoms with van der Waals surface area (Å²) in [5.74, 6) is 2.05.